The normalized spacial score (nSPS) is 21.0. The lowest BCUT2D eigenvalue weighted by atomic mass is 9.99. The first-order valence-corrected chi connectivity index (χ1v) is 9.50. The van der Waals surface area contributed by atoms with Gasteiger partial charge in [-0.1, -0.05) is 6.92 Å². The second kappa shape index (κ2) is 9.74. The van der Waals surface area contributed by atoms with Gasteiger partial charge in [0.25, 0.3) is 10.2 Å². The minimum absolute atomic E-state index is 0.429. The summed E-state index contributed by atoms with van der Waals surface area (Å²) in [6.45, 7) is 7.17. The highest BCUT2D eigenvalue weighted by Gasteiger charge is 2.21. The summed E-state index contributed by atoms with van der Waals surface area (Å²) in [5.41, 5.74) is 0. The number of hydrogen-bond acceptors (Lipinski definition) is 4. The van der Waals surface area contributed by atoms with E-state index in [-0.39, 0.29) is 0 Å². The van der Waals surface area contributed by atoms with Gasteiger partial charge < -0.3 is 10.2 Å². The lowest BCUT2D eigenvalue weighted by molar-refractivity contribution is 0.210. The molecule has 0 saturated carbocycles. The summed E-state index contributed by atoms with van der Waals surface area (Å²) in [6, 6.07) is 0. The largest absolute Gasteiger partial charge is 0.317 e. The molecule has 21 heavy (non-hydrogen) atoms. The van der Waals surface area contributed by atoms with E-state index in [2.05, 4.69) is 28.9 Å². The standard InChI is InChI=1S/C14H32N4O2S/c1-4-8-15-9-6-11-18(3)21(19,20)16-12-14-7-5-10-17(2)13-14/h14-16H,4-13H2,1-3H3. The average molecular weight is 321 g/mol. The van der Waals surface area contributed by atoms with E-state index in [1.54, 1.807) is 7.05 Å². The first kappa shape index (κ1) is 18.8. The molecular formula is C14H32N4O2S. The Morgan fingerprint density at radius 3 is 2.76 bits per heavy atom. The van der Waals surface area contributed by atoms with E-state index in [0.717, 1.165) is 51.9 Å². The molecule has 1 aliphatic rings. The lowest BCUT2D eigenvalue weighted by Crippen LogP contribution is -2.44. The minimum Gasteiger partial charge on any atom is -0.317 e. The molecule has 1 saturated heterocycles. The van der Waals surface area contributed by atoms with Gasteiger partial charge in [-0.25, -0.2) is 4.72 Å². The molecule has 0 aliphatic carbocycles. The Kier molecular flexibility index (Phi) is 8.73. The summed E-state index contributed by atoms with van der Waals surface area (Å²) in [7, 11) is 0.408. The maximum atomic E-state index is 12.2. The zero-order valence-electron chi connectivity index (χ0n) is 13.8. The van der Waals surface area contributed by atoms with Crippen LogP contribution in [-0.4, -0.2) is 71.0 Å². The van der Waals surface area contributed by atoms with Crippen molar-refractivity contribution in [3.63, 3.8) is 0 Å². The van der Waals surface area contributed by atoms with Crippen LogP contribution in [0.3, 0.4) is 0 Å². The van der Waals surface area contributed by atoms with Crippen LogP contribution in [0.1, 0.15) is 32.6 Å². The zero-order valence-corrected chi connectivity index (χ0v) is 14.6. The van der Waals surface area contributed by atoms with Crippen molar-refractivity contribution in [2.24, 2.45) is 5.92 Å². The van der Waals surface area contributed by atoms with E-state index in [4.69, 9.17) is 0 Å². The smallest absolute Gasteiger partial charge is 0.279 e. The molecule has 1 unspecified atom stereocenters. The number of nitrogens with one attached hydrogen (secondary N) is 2. The van der Waals surface area contributed by atoms with Crippen molar-refractivity contribution in [1.29, 1.82) is 0 Å². The molecule has 0 bridgehead atoms. The molecule has 0 aromatic rings. The molecule has 1 fully saturated rings. The predicted molar refractivity (Wildman–Crippen MR) is 87.6 cm³/mol. The number of likely N-dealkylation sites (tertiary alicyclic amines) is 1. The molecule has 0 radical (unpaired) electrons. The molecule has 0 spiro atoms. The fourth-order valence-electron chi connectivity index (χ4n) is 2.62. The molecule has 1 rings (SSSR count). The van der Waals surface area contributed by atoms with E-state index in [1.165, 1.54) is 4.31 Å². The second-order valence-electron chi connectivity index (χ2n) is 6.05. The first-order valence-electron chi connectivity index (χ1n) is 8.06. The quantitative estimate of drug-likeness (QED) is 0.575. The van der Waals surface area contributed by atoms with Crippen LogP contribution in [0.4, 0.5) is 0 Å². The monoisotopic (exact) mass is 320 g/mol. The van der Waals surface area contributed by atoms with Crippen LogP contribution in [-0.2, 0) is 10.2 Å². The van der Waals surface area contributed by atoms with Gasteiger partial charge in [0.2, 0.25) is 0 Å². The van der Waals surface area contributed by atoms with Gasteiger partial charge in [0, 0.05) is 26.7 Å². The molecule has 0 aromatic heterocycles. The van der Waals surface area contributed by atoms with Crippen LogP contribution in [0.25, 0.3) is 0 Å². The van der Waals surface area contributed by atoms with Gasteiger partial charge in [-0.3, -0.25) is 0 Å². The van der Waals surface area contributed by atoms with Crippen molar-refractivity contribution in [1.82, 2.24) is 19.2 Å². The van der Waals surface area contributed by atoms with Gasteiger partial charge in [-0.05, 0) is 58.3 Å². The van der Waals surface area contributed by atoms with Gasteiger partial charge in [-0.2, -0.15) is 12.7 Å². The summed E-state index contributed by atoms with van der Waals surface area (Å²) in [6.07, 6.45) is 4.20. The van der Waals surface area contributed by atoms with Crippen molar-refractivity contribution in [2.75, 3.05) is 53.4 Å². The summed E-state index contributed by atoms with van der Waals surface area (Å²) in [5.74, 6) is 0.429. The van der Waals surface area contributed by atoms with Gasteiger partial charge in [0.15, 0.2) is 0 Å². The van der Waals surface area contributed by atoms with Crippen molar-refractivity contribution in [3.05, 3.63) is 0 Å². The fourth-order valence-corrected chi connectivity index (χ4v) is 3.66. The number of piperidine rings is 1. The third-order valence-electron chi connectivity index (χ3n) is 3.94. The maximum Gasteiger partial charge on any atom is 0.279 e. The second-order valence-corrected chi connectivity index (χ2v) is 7.91. The van der Waals surface area contributed by atoms with Crippen molar-refractivity contribution >= 4 is 10.2 Å². The van der Waals surface area contributed by atoms with E-state index in [1.807, 2.05) is 0 Å². The molecule has 6 nitrogen and oxygen atoms in total. The van der Waals surface area contributed by atoms with Crippen molar-refractivity contribution in [2.45, 2.75) is 32.6 Å². The predicted octanol–water partition coefficient (Wildman–Crippen LogP) is 0.484. The van der Waals surface area contributed by atoms with Crippen LogP contribution >= 0.6 is 0 Å². The highest BCUT2D eigenvalue weighted by atomic mass is 32.2. The van der Waals surface area contributed by atoms with Crippen molar-refractivity contribution in [3.8, 4) is 0 Å². The van der Waals surface area contributed by atoms with Crippen LogP contribution in [0.5, 0.6) is 0 Å². The van der Waals surface area contributed by atoms with Crippen LogP contribution in [0, 0.1) is 5.92 Å². The van der Waals surface area contributed by atoms with Gasteiger partial charge in [-0.15, -0.1) is 0 Å². The molecule has 2 N–H and O–H groups in total. The summed E-state index contributed by atoms with van der Waals surface area (Å²) >= 11 is 0. The lowest BCUT2D eigenvalue weighted by Gasteiger charge is -2.30. The van der Waals surface area contributed by atoms with E-state index >= 15 is 0 Å². The highest BCUT2D eigenvalue weighted by molar-refractivity contribution is 7.87. The molecule has 1 atom stereocenters. The Balaban J connectivity index is 2.24. The van der Waals surface area contributed by atoms with Crippen LogP contribution < -0.4 is 10.0 Å². The molecule has 1 heterocycles. The zero-order chi connectivity index (χ0) is 15.7. The topological polar surface area (TPSA) is 64.7 Å². The van der Waals surface area contributed by atoms with Crippen LogP contribution in [0.15, 0.2) is 0 Å². The number of rotatable bonds is 10. The third-order valence-corrected chi connectivity index (χ3v) is 5.47. The van der Waals surface area contributed by atoms with Crippen LogP contribution in [0.2, 0.25) is 0 Å². The summed E-state index contributed by atoms with van der Waals surface area (Å²) < 4.78 is 28.5. The minimum atomic E-state index is -3.33. The highest BCUT2D eigenvalue weighted by Crippen LogP contribution is 2.14. The summed E-state index contributed by atoms with van der Waals surface area (Å²) in [4.78, 5) is 2.27. The van der Waals surface area contributed by atoms with E-state index in [0.29, 0.717) is 19.0 Å². The van der Waals surface area contributed by atoms with Gasteiger partial charge in [0.05, 0.1) is 0 Å². The number of hydrogen-bond donors (Lipinski definition) is 2. The average Bonchev–Trinajstić information content (AvgIpc) is 2.45. The number of nitrogens with zero attached hydrogens (tertiary/aromatic N) is 2. The molecule has 1 aliphatic heterocycles. The fraction of sp³-hybridized carbons (Fsp3) is 1.00. The molecule has 126 valence electrons. The Morgan fingerprint density at radius 2 is 2.10 bits per heavy atom. The third kappa shape index (κ3) is 7.56. The molecule has 7 heteroatoms. The maximum absolute atomic E-state index is 12.2. The molecule has 0 aromatic carbocycles. The van der Waals surface area contributed by atoms with Gasteiger partial charge in [0.1, 0.15) is 0 Å². The molecule has 0 amide bonds. The van der Waals surface area contributed by atoms with E-state index < -0.39 is 10.2 Å². The molecular weight excluding hydrogens is 288 g/mol. The van der Waals surface area contributed by atoms with E-state index in [9.17, 15) is 8.42 Å². The van der Waals surface area contributed by atoms with Crippen molar-refractivity contribution < 1.29 is 8.42 Å². The Hall–Kier alpha value is -0.210. The van der Waals surface area contributed by atoms with Gasteiger partial charge >= 0.3 is 0 Å². The Bertz CT molecular complexity index is 375. The Morgan fingerprint density at radius 1 is 1.33 bits per heavy atom. The SMILES string of the molecule is CCCNCCCN(C)S(=O)(=O)NCC1CCCN(C)C1. The first-order chi connectivity index (χ1) is 9.95. The Labute approximate surface area is 130 Å². The summed E-state index contributed by atoms with van der Waals surface area (Å²) in [5, 5.41) is 3.28.